The van der Waals surface area contributed by atoms with Crippen molar-refractivity contribution < 1.29 is 4.79 Å². The van der Waals surface area contributed by atoms with Crippen LogP contribution in [0.5, 0.6) is 0 Å². The Morgan fingerprint density at radius 2 is 2.27 bits per heavy atom. The molecule has 0 spiro atoms. The maximum Gasteiger partial charge on any atom is 0.152 e. The smallest absolute Gasteiger partial charge is 0.152 e. The highest BCUT2D eigenvalue weighted by Crippen LogP contribution is 2.28. The van der Waals surface area contributed by atoms with Gasteiger partial charge in [0.05, 0.1) is 0 Å². The van der Waals surface area contributed by atoms with E-state index in [4.69, 9.17) is 11.6 Å². The van der Waals surface area contributed by atoms with E-state index >= 15 is 0 Å². The van der Waals surface area contributed by atoms with E-state index in [1.54, 1.807) is 11.8 Å². The molecular weight excluding hydrogens is 296 g/mol. The van der Waals surface area contributed by atoms with Crippen molar-refractivity contribution in [3.05, 3.63) is 29.3 Å². The zero-order valence-electron chi connectivity index (χ0n) is 8.59. The number of Topliss-reactive ketones (excluding diaryl/α,β-unsaturated/α-hetero) is 1. The van der Waals surface area contributed by atoms with Crippen molar-refractivity contribution in [2.75, 3.05) is 6.26 Å². The van der Waals surface area contributed by atoms with Crippen molar-refractivity contribution in [1.82, 2.24) is 0 Å². The Bertz CT molecular complexity index is 368. The molecule has 0 fully saturated rings. The van der Waals surface area contributed by atoms with Crippen LogP contribution < -0.4 is 0 Å². The molecule has 0 aromatic heterocycles. The molecule has 82 valence electrons. The van der Waals surface area contributed by atoms with Gasteiger partial charge < -0.3 is 0 Å². The van der Waals surface area contributed by atoms with Crippen molar-refractivity contribution in [2.45, 2.75) is 22.5 Å². The number of hydrogen-bond donors (Lipinski definition) is 0. The Morgan fingerprint density at radius 3 is 2.73 bits per heavy atom. The second-order valence-electron chi connectivity index (χ2n) is 3.18. The predicted octanol–water partition coefficient (Wildman–Crippen LogP) is 4.17. The molecule has 1 aromatic carbocycles. The normalized spacial score (nSPS) is 12.5. The van der Waals surface area contributed by atoms with Crippen LogP contribution in [0.2, 0.25) is 0 Å². The molecule has 0 aliphatic heterocycles. The maximum absolute atomic E-state index is 11.1. The van der Waals surface area contributed by atoms with Crippen LogP contribution in [0.25, 0.3) is 0 Å². The first-order chi connectivity index (χ1) is 7.10. The zero-order valence-corrected chi connectivity index (χ0v) is 11.7. The summed E-state index contributed by atoms with van der Waals surface area (Å²) < 4.78 is 0. The molecule has 0 radical (unpaired) electrons. The summed E-state index contributed by atoms with van der Waals surface area (Å²) in [5.74, 6) is -0.0194. The topological polar surface area (TPSA) is 17.1 Å². The molecule has 0 saturated heterocycles. The van der Waals surface area contributed by atoms with Crippen LogP contribution >= 0.6 is 39.3 Å². The minimum Gasteiger partial charge on any atom is -0.298 e. The quantitative estimate of drug-likeness (QED) is 0.613. The van der Waals surface area contributed by atoms with Gasteiger partial charge in [0.25, 0.3) is 0 Å². The lowest BCUT2D eigenvalue weighted by atomic mass is 10.1. The van der Waals surface area contributed by atoms with Gasteiger partial charge >= 0.3 is 0 Å². The van der Waals surface area contributed by atoms with Crippen LogP contribution in [0, 0.1) is 0 Å². The first kappa shape index (κ1) is 13.1. The number of carbonyl (C=O) groups is 1. The summed E-state index contributed by atoms with van der Waals surface area (Å²) in [6.45, 7) is 1.51. The average molecular weight is 308 g/mol. The van der Waals surface area contributed by atoms with Crippen LogP contribution in [0.4, 0.5) is 0 Å². The first-order valence-corrected chi connectivity index (χ1v) is 7.25. The molecule has 15 heavy (non-hydrogen) atoms. The van der Waals surface area contributed by atoms with E-state index in [9.17, 15) is 4.79 Å². The largest absolute Gasteiger partial charge is 0.298 e. The van der Waals surface area contributed by atoms with E-state index in [1.165, 1.54) is 17.4 Å². The Balaban J connectivity index is 3.07. The van der Waals surface area contributed by atoms with Gasteiger partial charge in [-0.25, -0.2) is 0 Å². The number of thioether (sulfide) groups is 1. The molecule has 0 saturated carbocycles. The molecule has 0 heterocycles. The fourth-order valence-corrected chi connectivity index (χ4v) is 2.68. The Labute approximate surface area is 108 Å². The fourth-order valence-electron chi connectivity index (χ4n) is 1.30. The lowest BCUT2D eigenvalue weighted by molar-refractivity contribution is -0.116. The van der Waals surface area contributed by atoms with Crippen molar-refractivity contribution in [1.29, 1.82) is 0 Å². The monoisotopic (exact) mass is 306 g/mol. The third-order valence-electron chi connectivity index (χ3n) is 2.10. The third kappa shape index (κ3) is 3.23. The lowest BCUT2D eigenvalue weighted by Gasteiger charge is -2.10. The number of ketones is 1. The highest BCUT2D eigenvalue weighted by atomic mass is 79.9. The summed E-state index contributed by atoms with van der Waals surface area (Å²) in [5.41, 5.74) is 2.04. The number of halogens is 2. The van der Waals surface area contributed by atoms with Crippen molar-refractivity contribution in [2.24, 2.45) is 0 Å². The fraction of sp³-hybridized carbons (Fsp3) is 0.364. The minimum atomic E-state index is -0.529. The summed E-state index contributed by atoms with van der Waals surface area (Å²) >= 11 is 11.1. The molecule has 0 bridgehead atoms. The number of alkyl halides is 2. The van der Waals surface area contributed by atoms with Gasteiger partial charge in [-0.3, -0.25) is 4.79 Å². The Morgan fingerprint density at radius 1 is 1.60 bits per heavy atom. The van der Waals surface area contributed by atoms with Crippen molar-refractivity contribution in [3.63, 3.8) is 0 Å². The number of rotatable bonds is 4. The SMILES string of the molecule is CSc1ccc(C(Cl)C(C)=O)cc1CBr. The molecular formula is C11H12BrClOS. The summed E-state index contributed by atoms with van der Waals surface area (Å²) in [7, 11) is 0. The molecule has 4 heteroatoms. The first-order valence-electron chi connectivity index (χ1n) is 4.47. The van der Waals surface area contributed by atoms with E-state index in [-0.39, 0.29) is 5.78 Å². The predicted molar refractivity (Wildman–Crippen MR) is 70.1 cm³/mol. The van der Waals surface area contributed by atoms with E-state index in [0.29, 0.717) is 0 Å². The highest BCUT2D eigenvalue weighted by molar-refractivity contribution is 9.08. The van der Waals surface area contributed by atoms with Crippen LogP contribution in [-0.2, 0) is 10.1 Å². The molecule has 0 N–H and O–H groups in total. The van der Waals surface area contributed by atoms with Gasteiger partial charge in [0.1, 0.15) is 5.38 Å². The molecule has 0 amide bonds. The Kier molecular flexibility index (Phi) is 5.16. The maximum atomic E-state index is 11.1. The van der Waals surface area contributed by atoms with Crippen molar-refractivity contribution >= 4 is 45.1 Å². The van der Waals surface area contributed by atoms with Gasteiger partial charge in [-0.15, -0.1) is 23.4 Å². The van der Waals surface area contributed by atoms with Gasteiger partial charge in [-0.2, -0.15) is 0 Å². The minimum absolute atomic E-state index is 0.0194. The van der Waals surface area contributed by atoms with Gasteiger partial charge in [-0.05, 0) is 30.4 Å². The lowest BCUT2D eigenvalue weighted by Crippen LogP contribution is -2.02. The summed E-state index contributed by atoms with van der Waals surface area (Å²) in [6.07, 6.45) is 2.03. The number of carbonyl (C=O) groups excluding carboxylic acids is 1. The van der Waals surface area contributed by atoms with E-state index < -0.39 is 5.38 Å². The van der Waals surface area contributed by atoms with E-state index in [2.05, 4.69) is 15.9 Å². The summed E-state index contributed by atoms with van der Waals surface area (Å²) in [4.78, 5) is 12.4. The average Bonchev–Trinajstić information content (AvgIpc) is 2.26. The van der Waals surface area contributed by atoms with Crippen LogP contribution in [0.15, 0.2) is 23.1 Å². The molecule has 0 aliphatic rings. The molecule has 0 aliphatic carbocycles. The standard InChI is InChI=1S/C11H12BrClOS/c1-7(14)11(13)8-3-4-10(15-2)9(5-8)6-12/h3-5,11H,6H2,1-2H3. The van der Waals surface area contributed by atoms with Crippen LogP contribution in [0.3, 0.4) is 0 Å². The number of hydrogen-bond acceptors (Lipinski definition) is 2. The van der Waals surface area contributed by atoms with Crippen LogP contribution in [-0.4, -0.2) is 12.0 Å². The third-order valence-corrected chi connectivity index (χ3v) is 4.10. The molecule has 1 aromatic rings. The molecule has 1 rings (SSSR count). The van der Waals surface area contributed by atoms with E-state index in [0.717, 1.165) is 10.9 Å². The molecule has 1 atom stereocenters. The highest BCUT2D eigenvalue weighted by Gasteiger charge is 2.14. The van der Waals surface area contributed by atoms with Crippen molar-refractivity contribution in [3.8, 4) is 0 Å². The Hall–Kier alpha value is 0.01000. The summed E-state index contributed by atoms with van der Waals surface area (Å²) in [5, 5.41) is 0.247. The zero-order chi connectivity index (χ0) is 11.4. The second-order valence-corrected chi connectivity index (χ2v) is 5.02. The number of benzene rings is 1. The van der Waals surface area contributed by atoms with E-state index in [1.807, 2.05) is 24.5 Å². The van der Waals surface area contributed by atoms with Gasteiger partial charge in [-0.1, -0.05) is 28.1 Å². The van der Waals surface area contributed by atoms with Gasteiger partial charge in [0.15, 0.2) is 5.78 Å². The molecule has 1 nitrogen and oxygen atoms in total. The summed E-state index contributed by atoms with van der Waals surface area (Å²) in [6, 6.07) is 5.91. The molecule has 1 unspecified atom stereocenters. The van der Waals surface area contributed by atoms with Gasteiger partial charge in [0, 0.05) is 10.2 Å². The van der Waals surface area contributed by atoms with Gasteiger partial charge in [0.2, 0.25) is 0 Å². The van der Waals surface area contributed by atoms with Crippen LogP contribution in [0.1, 0.15) is 23.4 Å². The second kappa shape index (κ2) is 5.92.